The van der Waals surface area contributed by atoms with Crippen LogP contribution in [0.25, 0.3) is 0 Å². The Morgan fingerprint density at radius 3 is 3.00 bits per heavy atom. The maximum Gasteiger partial charge on any atom is 0.0462 e. The highest BCUT2D eigenvalue weighted by Crippen LogP contribution is 1.98. The Kier molecular flexibility index (Phi) is 2.63. The van der Waals surface area contributed by atoms with Crippen molar-refractivity contribution in [2.45, 2.75) is 6.42 Å². The normalized spacial score (nSPS) is 9.18. The van der Waals surface area contributed by atoms with Gasteiger partial charge in [-0.1, -0.05) is 12.6 Å². The van der Waals surface area contributed by atoms with E-state index >= 15 is 0 Å². The van der Waals surface area contributed by atoms with Crippen LogP contribution in [0, 0.1) is 0 Å². The monoisotopic (exact) mass is 150 g/mol. The molecular weight excluding hydrogens is 140 g/mol. The minimum atomic E-state index is 0.545. The fourth-order valence-corrected chi connectivity index (χ4v) is 0.761. The summed E-state index contributed by atoms with van der Waals surface area (Å²) in [5.41, 5.74) is 3.41. The number of pyridine rings is 1. The van der Waals surface area contributed by atoms with E-state index in [4.69, 9.17) is 5.21 Å². The molecule has 3 heteroatoms. The van der Waals surface area contributed by atoms with Crippen LogP contribution in [0.4, 0.5) is 0 Å². The summed E-state index contributed by atoms with van der Waals surface area (Å²) in [5.74, 6) is 0. The average molecular weight is 150 g/mol. The van der Waals surface area contributed by atoms with Gasteiger partial charge in [0.2, 0.25) is 0 Å². The first-order chi connectivity index (χ1) is 5.33. The van der Waals surface area contributed by atoms with Crippen LogP contribution in [0.3, 0.4) is 0 Å². The van der Waals surface area contributed by atoms with Crippen molar-refractivity contribution >= 4 is 0 Å². The van der Waals surface area contributed by atoms with Crippen molar-refractivity contribution in [3.63, 3.8) is 0 Å². The highest BCUT2D eigenvalue weighted by molar-refractivity contribution is 5.10. The van der Waals surface area contributed by atoms with Gasteiger partial charge in [0.05, 0.1) is 0 Å². The standard InChI is InChI=1S/C8H10N2O/c1-7(10-11)6-8-4-2-3-5-9-8/h2-5,10-11H,1,6H2. The number of hydrogen-bond donors (Lipinski definition) is 2. The minimum absolute atomic E-state index is 0.545. The van der Waals surface area contributed by atoms with E-state index in [-0.39, 0.29) is 0 Å². The molecule has 0 spiro atoms. The Labute approximate surface area is 65.4 Å². The quantitative estimate of drug-likeness (QED) is 0.634. The topological polar surface area (TPSA) is 45.2 Å². The summed E-state index contributed by atoms with van der Waals surface area (Å²) in [6.45, 7) is 3.57. The van der Waals surface area contributed by atoms with E-state index in [2.05, 4.69) is 11.6 Å². The van der Waals surface area contributed by atoms with Crippen LogP contribution < -0.4 is 5.48 Å². The van der Waals surface area contributed by atoms with Crippen LogP contribution in [0.1, 0.15) is 5.69 Å². The number of hydrogen-bond acceptors (Lipinski definition) is 3. The third kappa shape index (κ3) is 2.39. The van der Waals surface area contributed by atoms with Crippen LogP contribution in [0.2, 0.25) is 0 Å². The number of rotatable bonds is 3. The summed E-state index contributed by atoms with van der Waals surface area (Å²) >= 11 is 0. The molecule has 1 aromatic rings. The third-order valence-electron chi connectivity index (χ3n) is 1.28. The highest BCUT2D eigenvalue weighted by Gasteiger charge is 1.94. The van der Waals surface area contributed by atoms with Gasteiger partial charge in [0, 0.05) is 24.0 Å². The van der Waals surface area contributed by atoms with E-state index in [0.717, 1.165) is 5.69 Å². The van der Waals surface area contributed by atoms with Crippen molar-refractivity contribution in [2.75, 3.05) is 0 Å². The van der Waals surface area contributed by atoms with Gasteiger partial charge in [-0.3, -0.25) is 15.7 Å². The van der Waals surface area contributed by atoms with Gasteiger partial charge < -0.3 is 0 Å². The van der Waals surface area contributed by atoms with Crippen LogP contribution in [-0.4, -0.2) is 10.2 Å². The van der Waals surface area contributed by atoms with Gasteiger partial charge >= 0.3 is 0 Å². The number of nitrogens with one attached hydrogen (secondary N) is 1. The first-order valence-electron chi connectivity index (χ1n) is 3.30. The lowest BCUT2D eigenvalue weighted by Crippen LogP contribution is -2.08. The molecule has 0 saturated carbocycles. The lowest BCUT2D eigenvalue weighted by molar-refractivity contribution is 0.198. The molecule has 1 rings (SSSR count). The maximum atomic E-state index is 8.42. The second kappa shape index (κ2) is 3.73. The first-order valence-corrected chi connectivity index (χ1v) is 3.30. The summed E-state index contributed by atoms with van der Waals surface area (Å²) in [6.07, 6.45) is 2.26. The molecule has 0 fully saturated rings. The minimum Gasteiger partial charge on any atom is -0.291 e. The van der Waals surface area contributed by atoms with Crippen molar-refractivity contribution in [3.8, 4) is 0 Å². The molecular formula is C8H10N2O. The van der Waals surface area contributed by atoms with Gasteiger partial charge in [-0.25, -0.2) is 0 Å². The molecule has 0 aliphatic heterocycles. The SMILES string of the molecule is C=C(Cc1ccccn1)NO. The summed E-state index contributed by atoms with van der Waals surface area (Å²) in [4.78, 5) is 4.05. The first kappa shape index (κ1) is 7.75. The summed E-state index contributed by atoms with van der Waals surface area (Å²) in [5, 5.41) is 8.42. The summed E-state index contributed by atoms with van der Waals surface area (Å²) in [6, 6.07) is 5.62. The number of hydroxylamine groups is 1. The molecule has 0 aliphatic carbocycles. The Morgan fingerprint density at radius 1 is 1.64 bits per heavy atom. The van der Waals surface area contributed by atoms with Crippen LogP contribution >= 0.6 is 0 Å². The van der Waals surface area contributed by atoms with Crippen LogP contribution in [-0.2, 0) is 6.42 Å². The highest BCUT2D eigenvalue weighted by atomic mass is 16.5. The smallest absolute Gasteiger partial charge is 0.0462 e. The van der Waals surface area contributed by atoms with Crippen molar-refractivity contribution in [2.24, 2.45) is 0 Å². The molecule has 1 aromatic heterocycles. The average Bonchev–Trinajstić information content (AvgIpc) is 2.06. The molecule has 1 heterocycles. The van der Waals surface area contributed by atoms with Gasteiger partial charge in [-0.05, 0) is 12.1 Å². The molecule has 0 saturated heterocycles. The summed E-state index contributed by atoms with van der Waals surface area (Å²) in [7, 11) is 0. The van der Waals surface area contributed by atoms with Crippen molar-refractivity contribution in [1.82, 2.24) is 10.5 Å². The molecule has 2 N–H and O–H groups in total. The van der Waals surface area contributed by atoms with E-state index in [0.29, 0.717) is 12.1 Å². The van der Waals surface area contributed by atoms with Gasteiger partial charge in [-0.15, -0.1) is 0 Å². The van der Waals surface area contributed by atoms with Crippen molar-refractivity contribution < 1.29 is 5.21 Å². The number of allylic oxidation sites excluding steroid dienone is 1. The zero-order valence-corrected chi connectivity index (χ0v) is 6.12. The predicted molar refractivity (Wildman–Crippen MR) is 42.0 cm³/mol. The second-order valence-corrected chi connectivity index (χ2v) is 2.21. The Bertz CT molecular complexity index is 233. The van der Waals surface area contributed by atoms with E-state index in [9.17, 15) is 0 Å². The molecule has 3 nitrogen and oxygen atoms in total. The van der Waals surface area contributed by atoms with E-state index in [1.165, 1.54) is 0 Å². The Hall–Kier alpha value is -1.35. The molecule has 0 bridgehead atoms. The largest absolute Gasteiger partial charge is 0.291 e. The van der Waals surface area contributed by atoms with Crippen molar-refractivity contribution in [1.29, 1.82) is 0 Å². The fourth-order valence-electron chi connectivity index (χ4n) is 0.761. The zero-order chi connectivity index (χ0) is 8.10. The van der Waals surface area contributed by atoms with Crippen molar-refractivity contribution in [3.05, 3.63) is 42.4 Å². The molecule has 0 aromatic carbocycles. The number of nitrogens with zero attached hydrogens (tertiary/aromatic N) is 1. The fraction of sp³-hybridized carbons (Fsp3) is 0.125. The lowest BCUT2D eigenvalue weighted by atomic mass is 10.2. The predicted octanol–water partition coefficient (Wildman–Crippen LogP) is 1.12. The van der Waals surface area contributed by atoms with E-state index in [1.54, 1.807) is 6.20 Å². The molecule has 11 heavy (non-hydrogen) atoms. The van der Waals surface area contributed by atoms with Gasteiger partial charge in [0.1, 0.15) is 0 Å². The molecule has 0 radical (unpaired) electrons. The molecule has 0 atom stereocenters. The Balaban J connectivity index is 2.58. The van der Waals surface area contributed by atoms with Crippen LogP contribution in [0.15, 0.2) is 36.7 Å². The molecule has 0 unspecified atom stereocenters. The van der Waals surface area contributed by atoms with E-state index in [1.807, 2.05) is 23.7 Å². The van der Waals surface area contributed by atoms with Crippen LogP contribution in [0.5, 0.6) is 0 Å². The zero-order valence-electron chi connectivity index (χ0n) is 6.12. The lowest BCUT2D eigenvalue weighted by Gasteiger charge is -2.01. The van der Waals surface area contributed by atoms with E-state index < -0.39 is 0 Å². The molecule has 0 aliphatic rings. The Morgan fingerprint density at radius 2 is 2.45 bits per heavy atom. The van der Waals surface area contributed by atoms with Gasteiger partial charge in [0.25, 0.3) is 0 Å². The third-order valence-corrected chi connectivity index (χ3v) is 1.28. The molecule has 0 amide bonds. The van der Waals surface area contributed by atoms with Gasteiger partial charge in [-0.2, -0.15) is 0 Å². The number of aromatic nitrogens is 1. The molecule has 58 valence electrons. The van der Waals surface area contributed by atoms with Gasteiger partial charge in [0.15, 0.2) is 0 Å². The summed E-state index contributed by atoms with van der Waals surface area (Å²) < 4.78 is 0. The second-order valence-electron chi connectivity index (χ2n) is 2.21. The maximum absolute atomic E-state index is 8.42.